The summed E-state index contributed by atoms with van der Waals surface area (Å²) in [5.41, 5.74) is 10.1. The first-order valence-electron chi connectivity index (χ1n) is 7.06. The van der Waals surface area contributed by atoms with Crippen LogP contribution in [0.15, 0.2) is 48.5 Å². The van der Waals surface area contributed by atoms with Gasteiger partial charge in [0.25, 0.3) is 0 Å². The van der Waals surface area contributed by atoms with Crippen molar-refractivity contribution >= 4 is 16.7 Å². The quantitative estimate of drug-likeness (QED) is 0.734. The maximum absolute atomic E-state index is 5.72. The van der Waals surface area contributed by atoms with E-state index in [1.165, 1.54) is 11.1 Å². The SMILES string of the molecule is CCc1nc2ccccc2n1CCc1ccc(N)cc1. The molecule has 3 rings (SSSR count). The second kappa shape index (κ2) is 5.37. The van der Waals surface area contributed by atoms with Crippen molar-refractivity contribution in [1.82, 2.24) is 9.55 Å². The van der Waals surface area contributed by atoms with Crippen LogP contribution in [0.4, 0.5) is 5.69 Å². The Hall–Kier alpha value is -2.29. The lowest BCUT2D eigenvalue weighted by Crippen LogP contribution is -2.05. The number of nitrogen functional groups attached to an aromatic ring is 1. The highest BCUT2D eigenvalue weighted by Crippen LogP contribution is 2.17. The molecule has 0 aliphatic carbocycles. The first-order chi connectivity index (χ1) is 9.78. The Kier molecular flexibility index (Phi) is 3.42. The number of aryl methyl sites for hydroxylation is 3. The van der Waals surface area contributed by atoms with Crippen LogP contribution in [0.25, 0.3) is 11.0 Å². The zero-order valence-electron chi connectivity index (χ0n) is 11.7. The van der Waals surface area contributed by atoms with E-state index in [9.17, 15) is 0 Å². The number of fused-ring (bicyclic) bond motifs is 1. The van der Waals surface area contributed by atoms with Crippen molar-refractivity contribution in [1.29, 1.82) is 0 Å². The summed E-state index contributed by atoms with van der Waals surface area (Å²) in [6, 6.07) is 16.4. The molecule has 0 unspecified atom stereocenters. The third-order valence-electron chi connectivity index (χ3n) is 3.65. The van der Waals surface area contributed by atoms with E-state index in [0.717, 1.165) is 36.4 Å². The number of nitrogens with zero attached hydrogens (tertiary/aromatic N) is 2. The molecule has 2 N–H and O–H groups in total. The topological polar surface area (TPSA) is 43.8 Å². The van der Waals surface area contributed by atoms with Gasteiger partial charge in [0, 0.05) is 18.7 Å². The molecule has 2 aromatic carbocycles. The average Bonchev–Trinajstić information content (AvgIpc) is 2.84. The number of nitrogens with two attached hydrogens (primary N) is 1. The van der Waals surface area contributed by atoms with E-state index >= 15 is 0 Å². The minimum Gasteiger partial charge on any atom is -0.399 e. The highest BCUT2D eigenvalue weighted by Gasteiger charge is 2.08. The van der Waals surface area contributed by atoms with Crippen LogP contribution in [0, 0.1) is 0 Å². The van der Waals surface area contributed by atoms with Gasteiger partial charge in [0.1, 0.15) is 5.82 Å². The Labute approximate surface area is 119 Å². The molecule has 0 aliphatic rings. The van der Waals surface area contributed by atoms with Crippen molar-refractivity contribution in [3.8, 4) is 0 Å². The van der Waals surface area contributed by atoms with Gasteiger partial charge in [-0.15, -0.1) is 0 Å². The molecule has 0 spiro atoms. The van der Waals surface area contributed by atoms with E-state index in [-0.39, 0.29) is 0 Å². The molecule has 1 heterocycles. The summed E-state index contributed by atoms with van der Waals surface area (Å²) in [5.74, 6) is 1.15. The summed E-state index contributed by atoms with van der Waals surface area (Å²) in [5, 5.41) is 0. The monoisotopic (exact) mass is 265 g/mol. The summed E-state index contributed by atoms with van der Waals surface area (Å²) in [6.07, 6.45) is 1.95. The molecule has 20 heavy (non-hydrogen) atoms. The van der Waals surface area contributed by atoms with E-state index in [1.54, 1.807) is 0 Å². The van der Waals surface area contributed by atoms with E-state index in [4.69, 9.17) is 10.7 Å². The first kappa shape index (κ1) is 12.7. The lowest BCUT2D eigenvalue weighted by atomic mass is 10.1. The van der Waals surface area contributed by atoms with Crippen LogP contribution in [-0.2, 0) is 19.4 Å². The molecule has 0 radical (unpaired) electrons. The van der Waals surface area contributed by atoms with Gasteiger partial charge in [-0.3, -0.25) is 0 Å². The average molecular weight is 265 g/mol. The molecule has 0 aliphatic heterocycles. The molecule has 0 bridgehead atoms. The Balaban J connectivity index is 1.88. The highest BCUT2D eigenvalue weighted by atomic mass is 15.1. The predicted molar refractivity (Wildman–Crippen MR) is 83.7 cm³/mol. The molecule has 0 fully saturated rings. The smallest absolute Gasteiger partial charge is 0.109 e. The van der Waals surface area contributed by atoms with Gasteiger partial charge in [-0.25, -0.2) is 4.98 Å². The fourth-order valence-electron chi connectivity index (χ4n) is 2.57. The molecule has 0 saturated heterocycles. The predicted octanol–water partition coefficient (Wildman–Crippen LogP) is 3.42. The normalized spacial score (nSPS) is 11.1. The Morgan fingerprint density at radius 3 is 2.55 bits per heavy atom. The zero-order chi connectivity index (χ0) is 13.9. The molecule has 0 atom stereocenters. The summed E-state index contributed by atoms with van der Waals surface area (Å²) < 4.78 is 2.33. The number of anilines is 1. The van der Waals surface area contributed by atoms with Crippen molar-refractivity contribution in [2.24, 2.45) is 0 Å². The maximum atomic E-state index is 5.72. The summed E-state index contributed by atoms with van der Waals surface area (Å²) in [4.78, 5) is 4.70. The third-order valence-corrected chi connectivity index (χ3v) is 3.65. The van der Waals surface area contributed by atoms with Gasteiger partial charge in [0.05, 0.1) is 11.0 Å². The number of hydrogen-bond donors (Lipinski definition) is 1. The lowest BCUT2D eigenvalue weighted by Gasteiger charge is -2.08. The number of rotatable bonds is 4. The maximum Gasteiger partial charge on any atom is 0.109 e. The van der Waals surface area contributed by atoms with Crippen LogP contribution in [0.5, 0.6) is 0 Å². The molecular weight excluding hydrogens is 246 g/mol. The van der Waals surface area contributed by atoms with Crippen LogP contribution in [-0.4, -0.2) is 9.55 Å². The second-order valence-electron chi connectivity index (χ2n) is 5.01. The number of aromatic nitrogens is 2. The largest absolute Gasteiger partial charge is 0.399 e. The van der Waals surface area contributed by atoms with Crippen LogP contribution in [0.1, 0.15) is 18.3 Å². The molecule has 102 valence electrons. The van der Waals surface area contributed by atoms with Crippen molar-refractivity contribution in [2.75, 3.05) is 5.73 Å². The fraction of sp³-hybridized carbons (Fsp3) is 0.235. The van der Waals surface area contributed by atoms with Crippen LogP contribution >= 0.6 is 0 Å². The van der Waals surface area contributed by atoms with Gasteiger partial charge in [-0.1, -0.05) is 31.2 Å². The third kappa shape index (κ3) is 2.39. The zero-order valence-corrected chi connectivity index (χ0v) is 11.7. The minimum atomic E-state index is 0.816. The standard InChI is InChI=1S/C17H19N3/c1-2-17-19-15-5-3-4-6-16(15)20(17)12-11-13-7-9-14(18)10-8-13/h3-10H,2,11-12,18H2,1H3. The fourth-order valence-corrected chi connectivity index (χ4v) is 2.57. The molecule has 0 saturated carbocycles. The van der Waals surface area contributed by atoms with Gasteiger partial charge in [0.2, 0.25) is 0 Å². The van der Waals surface area contributed by atoms with Crippen molar-refractivity contribution < 1.29 is 0 Å². The van der Waals surface area contributed by atoms with E-state index in [1.807, 2.05) is 18.2 Å². The molecule has 3 heteroatoms. The number of para-hydroxylation sites is 2. The summed E-state index contributed by atoms with van der Waals surface area (Å²) in [7, 11) is 0. The van der Waals surface area contributed by atoms with Crippen molar-refractivity contribution in [2.45, 2.75) is 26.3 Å². The molecule has 3 nitrogen and oxygen atoms in total. The van der Waals surface area contributed by atoms with E-state index < -0.39 is 0 Å². The Morgan fingerprint density at radius 1 is 1.05 bits per heavy atom. The Bertz CT molecular complexity index is 711. The summed E-state index contributed by atoms with van der Waals surface area (Å²) in [6.45, 7) is 3.11. The van der Waals surface area contributed by atoms with E-state index in [0.29, 0.717) is 0 Å². The molecule has 3 aromatic rings. The number of benzene rings is 2. The van der Waals surface area contributed by atoms with Crippen LogP contribution in [0.2, 0.25) is 0 Å². The van der Waals surface area contributed by atoms with E-state index in [2.05, 4.69) is 41.8 Å². The highest BCUT2D eigenvalue weighted by molar-refractivity contribution is 5.75. The molecule has 0 amide bonds. The summed E-state index contributed by atoms with van der Waals surface area (Å²) >= 11 is 0. The van der Waals surface area contributed by atoms with Gasteiger partial charge in [-0.2, -0.15) is 0 Å². The van der Waals surface area contributed by atoms with Crippen LogP contribution in [0.3, 0.4) is 0 Å². The first-order valence-corrected chi connectivity index (χ1v) is 7.06. The van der Waals surface area contributed by atoms with Gasteiger partial charge < -0.3 is 10.3 Å². The Morgan fingerprint density at radius 2 is 1.80 bits per heavy atom. The minimum absolute atomic E-state index is 0.816. The number of imidazole rings is 1. The second-order valence-corrected chi connectivity index (χ2v) is 5.01. The van der Waals surface area contributed by atoms with Crippen LogP contribution < -0.4 is 5.73 Å². The van der Waals surface area contributed by atoms with Crippen molar-refractivity contribution in [3.05, 3.63) is 59.9 Å². The molecule has 1 aromatic heterocycles. The molecular formula is C17H19N3. The van der Waals surface area contributed by atoms with Crippen molar-refractivity contribution in [3.63, 3.8) is 0 Å². The lowest BCUT2D eigenvalue weighted by molar-refractivity contribution is 0.674. The van der Waals surface area contributed by atoms with Gasteiger partial charge in [0.15, 0.2) is 0 Å². The van der Waals surface area contributed by atoms with Gasteiger partial charge >= 0.3 is 0 Å². The number of hydrogen-bond acceptors (Lipinski definition) is 2. The van der Waals surface area contributed by atoms with Gasteiger partial charge in [-0.05, 0) is 36.2 Å².